The number of hydrogen-bond donors (Lipinski definition) is 0. The first-order valence-corrected chi connectivity index (χ1v) is 7.24. The average Bonchev–Trinajstić information content (AvgIpc) is 2.46. The summed E-state index contributed by atoms with van der Waals surface area (Å²) in [5.74, 6) is 1.06. The van der Waals surface area contributed by atoms with E-state index in [1.165, 1.54) is 0 Å². The molecule has 0 aliphatic heterocycles. The maximum Gasteiger partial charge on any atom is 0.187 e. The maximum absolute atomic E-state index is 11.9. The smallest absolute Gasteiger partial charge is 0.187 e. The van der Waals surface area contributed by atoms with Crippen molar-refractivity contribution in [2.75, 3.05) is 5.75 Å². The standard InChI is InChI=1S/C15H16N2OS/c1-12-10-16-15(17-11-12)19-9-5-8-14(18)13-6-3-2-4-7-13/h2-4,6-7,10-11H,5,8-9H2,1H3. The van der Waals surface area contributed by atoms with Crippen molar-refractivity contribution in [3.8, 4) is 0 Å². The fourth-order valence-corrected chi connectivity index (χ4v) is 2.35. The van der Waals surface area contributed by atoms with Gasteiger partial charge in [0.25, 0.3) is 0 Å². The fraction of sp³-hybridized carbons (Fsp3) is 0.267. The molecule has 0 amide bonds. The van der Waals surface area contributed by atoms with Gasteiger partial charge in [-0.3, -0.25) is 4.79 Å². The van der Waals surface area contributed by atoms with Crippen molar-refractivity contribution in [3.63, 3.8) is 0 Å². The van der Waals surface area contributed by atoms with Gasteiger partial charge < -0.3 is 0 Å². The SMILES string of the molecule is Cc1cnc(SCCCC(=O)c2ccccc2)nc1. The van der Waals surface area contributed by atoms with Crippen LogP contribution in [0.1, 0.15) is 28.8 Å². The second-order valence-corrected chi connectivity index (χ2v) is 5.35. The van der Waals surface area contributed by atoms with E-state index < -0.39 is 0 Å². The Morgan fingerprint density at radius 2 is 1.84 bits per heavy atom. The molecule has 0 saturated carbocycles. The van der Waals surface area contributed by atoms with Gasteiger partial charge >= 0.3 is 0 Å². The Morgan fingerprint density at radius 1 is 1.16 bits per heavy atom. The number of carbonyl (C=O) groups excluding carboxylic acids is 1. The summed E-state index contributed by atoms with van der Waals surface area (Å²) < 4.78 is 0. The molecule has 1 aromatic heterocycles. The van der Waals surface area contributed by atoms with Crippen LogP contribution < -0.4 is 0 Å². The van der Waals surface area contributed by atoms with Crippen LogP contribution in [0.5, 0.6) is 0 Å². The lowest BCUT2D eigenvalue weighted by atomic mass is 10.1. The summed E-state index contributed by atoms with van der Waals surface area (Å²) in [5.41, 5.74) is 1.85. The molecule has 0 fully saturated rings. The van der Waals surface area contributed by atoms with E-state index in [9.17, 15) is 4.79 Å². The Morgan fingerprint density at radius 3 is 2.53 bits per heavy atom. The Bertz CT molecular complexity index is 526. The highest BCUT2D eigenvalue weighted by molar-refractivity contribution is 7.99. The van der Waals surface area contributed by atoms with Gasteiger partial charge in [0.2, 0.25) is 0 Å². The molecule has 0 N–H and O–H groups in total. The molecule has 2 rings (SSSR count). The van der Waals surface area contributed by atoms with Crippen LogP contribution in [0.2, 0.25) is 0 Å². The predicted molar refractivity (Wildman–Crippen MR) is 77.5 cm³/mol. The van der Waals surface area contributed by atoms with Gasteiger partial charge in [-0.1, -0.05) is 42.1 Å². The van der Waals surface area contributed by atoms with Gasteiger partial charge in [-0.05, 0) is 18.9 Å². The number of ketones is 1. The third-order valence-electron chi connectivity index (χ3n) is 2.63. The van der Waals surface area contributed by atoms with Crippen molar-refractivity contribution in [1.29, 1.82) is 0 Å². The van der Waals surface area contributed by atoms with Crippen LogP contribution in [0.3, 0.4) is 0 Å². The molecule has 4 heteroatoms. The summed E-state index contributed by atoms with van der Waals surface area (Å²) in [6.45, 7) is 1.97. The molecule has 0 aliphatic rings. The van der Waals surface area contributed by atoms with Crippen LogP contribution in [0.4, 0.5) is 0 Å². The Kier molecular flexibility index (Phi) is 5.10. The maximum atomic E-state index is 11.9. The summed E-state index contributed by atoms with van der Waals surface area (Å²) in [7, 11) is 0. The molecule has 0 saturated heterocycles. The van der Waals surface area contributed by atoms with Gasteiger partial charge in [0.1, 0.15) is 0 Å². The van der Waals surface area contributed by atoms with Crippen LogP contribution in [0.25, 0.3) is 0 Å². The average molecular weight is 272 g/mol. The second kappa shape index (κ2) is 7.04. The molecule has 0 spiro atoms. The summed E-state index contributed by atoms with van der Waals surface area (Å²) in [6.07, 6.45) is 5.04. The first kappa shape index (κ1) is 13.7. The zero-order valence-electron chi connectivity index (χ0n) is 10.9. The summed E-state index contributed by atoms with van der Waals surface area (Å²) in [6, 6.07) is 9.42. The molecule has 1 aromatic carbocycles. The minimum absolute atomic E-state index is 0.200. The molecule has 19 heavy (non-hydrogen) atoms. The minimum atomic E-state index is 0.200. The third kappa shape index (κ3) is 4.48. The number of hydrogen-bond acceptors (Lipinski definition) is 4. The molecule has 0 atom stereocenters. The number of thioether (sulfide) groups is 1. The summed E-state index contributed by atoms with van der Waals surface area (Å²) >= 11 is 1.59. The molecule has 3 nitrogen and oxygen atoms in total. The van der Waals surface area contributed by atoms with Crippen molar-refractivity contribution in [1.82, 2.24) is 9.97 Å². The van der Waals surface area contributed by atoms with Crippen molar-refractivity contribution >= 4 is 17.5 Å². The third-order valence-corrected chi connectivity index (χ3v) is 3.59. The van der Waals surface area contributed by atoms with Crippen molar-refractivity contribution in [2.24, 2.45) is 0 Å². The molecule has 0 unspecified atom stereocenters. The number of carbonyl (C=O) groups is 1. The van der Waals surface area contributed by atoms with Crippen LogP contribution in [0, 0.1) is 6.92 Å². The molecule has 1 heterocycles. The fourth-order valence-electron chi connectivity index (χ4n) is 1.62. The van der Waals surface area contributed by atoms with Crippen LogP contribution >= 0.6 is 11.8 Å². The quantitative estimate of drug-likeness (QED) is 0.349. The molecule has 2 aromatic rings. The topological polar surface area (TPSA) is 42.9 Å². The number of aryl methyl sites for hydroxylation is 1. The van der Waals surface area contributed by atoms with Gasteiger partial charge in [-0.15, -0.1) is 0 Å². The zero-order chi connectivity index (χ0) is 13.5. The zero-order valence-corrected chi connectivity index (χ0v) is 11.7. The number of rotatable bonds is 6. The highest BCUT2D eigenvalue weighted by Crippen LogP contribution is 2.15. The van der Waals surface area contributed by atoms with E-state index in [-0.39, 0.29) is 5.78 Å². The van der Waals surface area contributed by atoms with Gasteiger partial charge in [-0.2, -0.15) is 0 Å². The Hall–Kier alpha value is -1.68. The predicted octanol–water partition coefficient (Wildman–Crippen LogP) is 3.54. The second-order valence-electron chi connectivity index (χ2n) is 4.28. The highest BCUT2D eigenvalue weighted by atomic mass is 32.2. The number of benzene rings is 1. The van der Waals surface area contributed by atoms with E-state index in [0.717, 1.165) is 28.5 Å². The van der Waals surface area contributed by atoms with E-state index in [0.29, 0.717) is 6.42 Å². The normalized spacial score (nSPS) is 10.4. The van der Waals surface area contributed by atoms with E-state index in [1.807, 2.05) is 49.6 Å². The van der Waals surface area contributed by atoms with E-state index in [4.69, 9.17) is 0 Å². The van der Waals surface area contributed by atoms with Crippen molar-refractivity contribution in [3.05, 3.63) is 53.9 Å². The summed E-state index contributed by atoms with van der Waals surface area (Å²) in [4.78, 5) is 20.3. The molecular formula is C15H16N2OS. The van der Waals surface area contributed by atoms with Gasteiger partial charge in [0.05, 0.1) is 0 Å². The molecule has 0 bridgehead atoms. The lowest BCUT2D eigenvalue weighted by Gasteiger charge is -2.01. The first-order valence-electron chi connectivity index (χ1n) is 6.25. The van der Waals surface area contributed by atoms with E-state index >= 15 is 0 Å². The van der Waals surface area contributed by atoms with Gasteiger partial charge in [0, 0.05) is 30.1 Å². The number of aromatic nitrogens is 2. The van der Waals surface area contributed by atoms with Crippen LogP contribution in [-0.2, 0) is 0 Å². The Labute approximate surface area is 117 Å². The van der Waals surface area contributed by atoms with Crippen molar-refractivity contribution < 1.29 is 4.79 Å². The lowest BCUT2D eigenvalue weighted by molar-refractivity contribution is 0.0982. The van der Waals surface area contributed by atoms with Crippen molar-refractivity contribution in [2.45, 2.75) is 24.9 Å². The molecule has 98 valence electrons. The number of nitrogens with zero attached hydrogens (tertiary/aromatic N) is 2. The monoisotopic (exact) mass is 272 g/mol. The van der Waals surface area contributed by atoms with Crippen LogP contribution in [-0.4, -0.2) is 21.5 Å². The largest absolute Gasteiger partial charge is 0.294 e. The molecule has 0 aliphatic carbocycles. The molecular weight excluding hydrogens is 256 g/mol. The van der Waals surface area contributed by atoms with Crippen LogP contribution in [0.15, 0.2) is 47.9 Å². The summed E-state index contributed by atoms with van der Waals surface area (Å²) in [5, 5.41) is 0.776. The minimum Gasteiger partial charge on any atom is -0.294 e. The highest BCUT2D eigenvalue weighted by Gasteiger charge is 2.05. The van der Waals surface area contributed by atoms with E-state index in [2.05, 4.69) is 9.97 Å². The number of Topliss-reactive ketones (excluding diaryl/α,β-unsaturated/α-hetero) is 1. The van der Waals surface area contributed by atoms with E-state index in [1.54, 1.807) is 11.8 Å². The lowest BCUT2D eigenvalue weighted by Crippen LogP contribution is -1.99. The van der Waals surface area contributed by atoms with Gasteiger partial charge in [0.15, 0.2) is 10.9 Å². The first-order chi connectivity index (χ1) is 9.25. The Balaban J connectivity index is 1.72. The molecule has 0 radical (unpaired) electrons. The van der Waals surface area contributed by atoms with Gasteiger partial charge in [-0.25, -0.2) is 9.97 Å².